The molecule has 1 rings (SSSR count). The number of nitro groups is 1. The van der Waals surface area contributed by atoms with Crippen LogP contribution in [0.5, 0.6) is 0 Å². The van der Waals surface area contributed by atoms with E-state index >= 15 is 0 Å². The Balaban J connectivity index is 2.91. The highest BCUT2D eigenvalue weighted by molar-refractivity contribution is 5.54. The van der Waals surface area contributed by atoms with Crippen molar-refractivity contribution in [1.82, 2.24) is 4.98 Å². The first kappa shape index (κ1) is 13.1. The van der Waals surface area contributed by atoms with E-state index in [1.165, 1.54) is 6.07 Å². The molecule has 0 aliphatic carbocycles. The fourth-order valence-corrected chi connectivity index (χ4v) is 1.17. The lowest BCUT2D eigenvalue weighted by molar-refractivity contribution is -0.384. The minimum Gasteiger partial charge on any atom is -0.370 e. The molecule has 0 saturated heterocycles. The molecule has 0 saturated carbocycles. The molecule has 0 aliphatic rings. The van der Waals surface area contributed by atoms with Crippen LogP contribution in [0.3, 0.4) is 0 Å². The van der Waals surface area contributed by atoms with Crippen molar-refractivity contribution in [2.75, 3.05) is 23.7 Å². The van der Waals surface area contributed by atoms with Crippen LogP contribution >= 0.6 is 0 Å². The van der Waals surface area contributed by atoms with Gasteiger partial charge in [-0.25, -0.2) is 13.8 Å². The first-order valence-corrected chi connectivity index (χ1v) is 4.95. The van der Waals surface area contributed by atoms with Crippen LogP contribution < -0.4 is 10.6 Å². The highest BCUT2D eigenvalue weighted by Crippen LogP contribution is 2.20. The second kappa shape index (κ2) is 5.92. The summed E-state index contributed by atoms with van der Waals surface area (Å²) in [5.74, 6) is 0.328. The van der Waals surface area contributed by atoms with Gasteiger partial charge in [0, 0.05) is 6.54 Å². The van der Waals surface area contributed by atoms with Gasteiger partial charge in [-0.2, -0.15) is 0 Å². The van der Waals surface area contributed by atoms with Crippen molar-refractivity contribution in [3.8, 4) is 0 Å². The Kier molecular flexibility index (Phi) is 4.56. The number of rotatable bonds is 6. The SMILES string of the molecule is CCNc1cc([N+](=O)[O-])cc(NCC(F)F)n1. The summed E-state index contributed by atoms with van der Waals surface area (Å²) in [5.41, 5.74) is -0.201. The molecule has 6 nitrogen and oxygen atoms in total. The average molecular weight is 246 g/mol. The fraction of sp³-hybridized carbons (Fsp3) is 0.444. The van der Waals surface area contributed by atoms with E-state index in [-0.39, 0.29) is 17.3 Å². The average Bonchev–Trinajstić information content (AvgIpc) is 2.26. The normalized spacial score (nSPS) is 10.4. The quantitative estimate of drug-likeness (QED) is 0.593. The highest BCUT2D eigenvalue weighted by Gasteiger charge is 2.11. The zero-order valence-corrected chi connectivity index (χ0v) is 9.11. The molecule has 0 atom stereocenters. The molecule has 1 heterocycles. The van der Waals surface area contributed by atoms with Gasteiger partial charge in [-0.05, 0) is 6.92 Å². The molecule has 17 heavy (non-hydrogen) atoms. The third-order valence-corrected chi connectivity index (χ3v) is 1.82. The van der Waals surface area contributed by atoms with E-state index in [0.717, 1.165) is 6.07 Å². The van der Waals surface area contributed by atoms with Crippen LogP contribution in [0.2, 0.25) is 0 Å². The molecule has 94 valence electrons. The number of halogens is 2. The molecule has 2 N–H and O–H groups in total. The molecule has 0 spiro atoms. The molecule has 0 fully saturated rings. The van der Waals surface area contributed by atoms with E-state index in [2.05, 4.69) is 15.6 Å². The number of nitrogens with zero attached hydrogens (tertiary/aromatic N) is 2. The smallest absolute Gasteiger partial charge is 0.276 e. The van der Waals surface area contributed by atoms with Crippen LogP contribution in [0.4, 0.5) is 26.1 Å². The molecule has 1 aromatic heterocycles. The molecular formula is C9H12F2N4O2. The van der Waals surface area contributed by atoms with Gasteiger partial charge in [0.05, 0.1) is 23.6 Å². The summed E-state index contributed by atoms with van der Waals surface area (Å²) in [6, 6.07) is 2.36. The summed E-state index contributed by atoms with van der Waals surface area (Å²) in [5, 5.41) is 15.7. The Morgan fingerprint density at radius 2 is 2.00 bits per heavy atom. The summed E-state index contributed by atoms with van der Waals surface area (Å²) >= 11 is 0. The summed E-state index contributed by atoms with van der Waals surface area (Å²) in [6.07, 6.45) is -2.54. The Bertz CT molecular complexity index is 401. The van der Waals surface area contributed by atoms with Crippen molar-refractivity contribution in [2.24, 2.45) is 0 Å². The van der Waals surface area contributed by atoms with Crippen LogP contribution in [-0.2, 0) is 0 Å². The standard InChI is InChI=1S/C9H12F2N4O2/c1-2-12-8-3-6(15(16)17)4-9(14-8)13-5-7(10)11/h3-4,7H,2,5H2,1H3,(H2,12,13,14). The van der Waals surface area contributed by atoms with Gasteiger partial charge in [0.2, 0.25) is 0 Å². The lowest BCUT2D eigenvalue weighted by atomic mass is 10.3. The lowest BCUT2D eigenvalue weighted by Gasteiger charge is -2.07. The second-order valence-electron chi connectivity index (χ2n) is 3.16. The lowest BCUT2D eigenvalue weighted by Crippen LogP contribution is -2.12. The third kappa shape index (κ3) is 4.17. The van der Waals surface area contributed by atoms with Crippen molar-refractivity contribution < 1.29 is 13.7 Å². The zero-order chi connectivity index (χ0) is 12.8. The Labute approximate surface area is 96.2 Å². The van der Waals surface area contributed by atoms with Crippen molar-refractivity contribution in [3.05, 3.63) is 22.2 Å². The molecule has 8 heteroatoms. The predicted molar refractivity (Wildman–Crippen MR) is 59.5 cm³/mol. The first-order valence-electron chi connectivity index (χ1n) is 4.95. The van der Waals surface area contributed by atoms with Crippen LogP contribution in [0.25, 0.3) is 0 Å². The fourth-order valence-electron chi connectivity index (χ4n) is 1.17. The highest BCUT2D eigenvalue weighted by atomic mass is 19.3. The molecule has 1 aromatic rings. The summed E-state index contributed by atoms with van der Waals surface area (Å²) in [4.78, 5) is 13.9. The summed E-state index contributed by atoms with van der Waals surface area (Å²) in [7, 11) is 0. The van der Waals surface area contributed by atoms with Gasteiger partial charge in [0.1, 0.15) is 11.6 Å². The van der Waals surface area contributed by atoms with Crippen LogP contribution in [0.15, 0.2) is 12.1 Å². The van der Waals surface area contributed by atoms with E-state index in [1.807, 2.05) is 0 Å². The van der Waals surface area contributed by atoms with Gasteiger partial charge in [-0.1, -0.05) is 0 Å². The number of alkyl halides is 2. The minimum absolute atomic E-state index is 0.0513. The van der Waals surface area contributed by atoms with E-state index in [0.29, 0.717) is 6.54 Å². The van der Waals surface area contributed by atoms with Gasteiger partial charge in [0.15, 0.2) is 0 Å². The van der Waals surface area contributed by atoms with Crippen LogP contribution in [0.1, 0.15) is 6.92 Å². The van der Waals surface area contributed by atoms with Gasteiger partial charge in [0.25, 0.3) is 12.1 Å². The molecule has 0 aliphatic heterocycles. The Hall–Kier alpha value is -1.99. The maximum absolute atomic E-state index is 12.0. The molecule has 0 bridgehead atoms. The number of aromatic nitrogens is 1. The monoisotopic (exact) mass is 246 g/mol. The number of anilines is 2. The van der Waals surface area contributed by atoms with Crippen molar-refractivity contribution in [3.63, 3.8) is 0 Å². The second-order valence-corrected chi connectivity index (χ2v) is 3.16. The van der Waals surface area contributed by atoms with Gasteiger partial charge >= 0.3 is 0 Å². The number of nitrogens with one attached hydrogen (secondary N) is 2. The van der Waals surface area contributed by atoms with Gasteiger partial charge in [-0.15, -0.1) is 0 Å². The zero-order valence-electron chi connectivity index (χ0n) is 9.11. The Morgan fingerprint density at radius 1 is 1.41 bits per heavy atom. The van der Waals surface area contributed by atoms with Crippen molar-refractivity contribution in [1.29, 1.82) is 0 Å². The van der Waals surface area contributed by atoms with Crippen LogP contribution in [0, 0.1) is 10.1 Å². The number of hydrogen-bond donors (Lipinski definition) is 2. The van der Waals surface area contributed by atoms with Crippen LogP contribution in [-0.4, -0.2) is 29.4 Å². The number of hydrogen-bond acceptors (Lipinski definition) is 5. The van der Waals surface area contributed by atoms with E-state index in [4.69, 9.17) is 0 Å². The maximum atomic E-state index is 12.0. The van der Waals surface area contributed by atoms with E-state index in [9.17, 15) is 18.9 Å². The molecular weight excluding hydrogens is 234 g/mol. The van der Waals surface area contributed by atoms with Gasteiger partial charge in [-0.3, -0.25) is 10.1 Å². The maximum Gasteiger partial charge on any atom is 0.276 e. The molecule has 0 aromatic carbocycles. The molecule has 0 amide bonds. The minimum atomic E-state index is -2.54. The third-order valence-electron chi connectivity index (χ3n) is 1.82. The van der Waals surface area contributed by atoms with Gasteiger partial charge < -0.3 is 10.6 Å². The summed E-state index contributed by atoms with van der Waals surface area (Å²) < 4.78 is 24.0. The predicted octanol–water partition coefficient (Wildman–Crippen LogP) is 2.10. The van der Waals surface area contributed by atoms with Crippen molar-refractivity contribution >= 4 is 17.3 Å². The molecule has 0 unspecified atom stereocenters. The number of pyridine rings is 1. The Morgan fingerprint density at radius 3 is 2.47 bits per heavy atom. The topological polar surface area (TPSA) is 80.1 Å². The van der Waals surface area contributed by atoms with Crippen molar-refractivity contribution in [2.45, 2.75) is 13.3 Å². The largest absolute Gasteiger partial charge is 0.370 e. The van der Waals surface area contributed by atoms with E-state index < -0.39 is 17.9 Å². The first-order chi connectivity index (χ1) is 8.02. The summed E-state index contributed by atoms with van der Waals surface area (Å²) in [6.45, 7) is 1.73. The van der Waals surface area contributed by atoms with E-state index in [1.54, 1.807) is 6.92 Å². The molecule has 0 radical (unpaired) electrons.